The zero-order valence-electron chi connectivity index (χ0n) is 18.1. The molecule has 0 spiro atoms. The van der Waals surface area contributed by atoms with Gasteiger partial charge >= 0.3 is 5.97 Å². The predicted molar refractivity (Wildman–Crippen MR) is 133 cm³/mol. The lowest BCUT2D eigenvalue weighted by atomic mass is 10.2. The standard InChI is InChI=1S/C21H22BrN3O6S2.ClH/c1-2-31-21(26)19-20(33(29,30)24-12-10-23-11-13-24)17-14-15(22)8-9-18(17)25(19)32(27,28)16-6-4-3-5-7-16;/h3-9,14,23H,2,10-13H2,1H3;1H. The summed E-state index contributed by atoms with van der Waals surface area (Å²) in [5.41, 5.74) is -0.467. The first-order chi connectivity index (χ1) is 15.7. The van der Waals surface area contributed by atoms with Crippen molar-refractivity contribution in [2.75, 3.05) is 32.8 Å². The van der Waals surface area contributed by atoms with Crippen molar-refractivity contribution in [1.82, 2.24) is 13.6 Å². The Bertz CT molecular complexity index is 1420. The molecule has 1 N–H and O–H groups in total. The number of halogens is 2. The smallest absolute Gasteiger partial charge is 0.357 e. The normalized spacial score (nSPS) is 15.1. The van der Waals surface area contributed by atoms with E-state index in [-0.39, 0.29) is 52.8 Å². The van der Waals surface area contributed by atoms with E-state index in [2.05, 4.69) is 21.2 Å². The summed E-state index contributed by atoms with van der Waals surface area (Å²) in [6.45, 7) is 2.78. The highest BCUT2D eigenvalue weighted by Gasteiger charge is 2.39. The summed E-state index contributed by atoms with van der Waals surface area (Å²) in [4.78, 5) is 12.7. The lowest BCUT2D eigenvalue weighted by Gasteiger charge is -2.26. The molecule has 9 nitrogen and oxygen atoms in total. The summed E-state index contributed by atoms with van der Waals surface area (Å²) >= 11 is 3.33. The number of hydrogen-bond donors (Lipinski definition) is 1. The van der Waals surface area contributed by atoms with E-state index >= 15 is 0 Å². The van der Waals surface area contributed by atoms with Crippen molar-refractivity contribution in [3.63, 3.8) is 0 Å². The van der Waals surface area contributed by atoms with Crippen LogP contribution in [0.3, 0.4) is 0 Å². The Morgan fingerprint density at radius 2 is 1.68 bits per heavy atom. The molecule has 0 radical (unpaired) electrons. The average molecular weight is 593 g/mol. The lowest BCUT2D eigenvalue weighted by molar-refractivity contribution is 0.0513. The third kappa shape index (κ3) is 4.62. The number of esters is 1. The Balaban J connectivity index is 0.00000324. The van der Waals surface area contributed by atoms with E-state index in [9.17, 15) is 21.6 Å². The fourth-order valence-electron chi connectivity index (χ4n) is 3.80. The zero-order chi connectivity index (χ0) is 23.8. The average Bonchev–Trinajstić information content (AvgIpc) is 3.16. The Hall–Kier alpha value is -1.96. The highest BCUT2D eigenvalue weighted by Crippen LogP contribution is 2.37. The minimum absolute atomic E-state index is 0. The number of nitrogens with one attached hydrogen (secondary N) is 1. The van der Waals surface area contributed by atoms with Gasteiger partial charge in [-0.3, -0.25) is 0 Å². The number of ether oxygens (including phenoxy) is 1. The maximum absolute atomic E-state index is 13.8. The molecule has 4 rings (SSSR count). The maximum atomic E-state index is 13.8. The molecule has 3 aromatic rings. The van der Waals surface area contributed by atoms with Crippen LogP contribution in [0.1, 0.15) is 17.4 Å². The highest BCUT2D eigenvalue weighted by atomic mass is 79.9. The van der Waals surface area contributed by atoms with E-state index in [0.29, 0.717) is 17.6 Å². The number of rotatable bonds is 6. The molecule has 2 aromatic carbocycles. The summed E-state index contributed by atoms with van der Waals surface area (Å²) in [5.74, 6) is -1.03. The third-order valence-corrected chi connectivity index (χ3v) is 9.46. The summed E-state index contributed by atoms with van der Waals surface area (Å²) in [6, 6.07) is 12.1. The Morgan fingerprint density at radius 1 is 1.03 bits per heavy atom. The molecule has 0 atom stereocenters. The number of nitrogens with zero attached hydrogens (tertiary/aromatic N) is 2. The maximum Gasteiger partial charge on any atom is 0.357 e. The van der Waals surface area contributed by atoms with Crippen LogP contribution in [0.25, 0.3) is 10.9 Å². The van der Waals surface area contributed by atoms with Gasteiger partial charge in [0.05, 0.1) is 17.0 Å². The van der Waals surface area contributed by atoms with Gasteiger partial charge in [-0.15, -0.1) is 12.4 Å². The van der Waals surface area contributed by atoms with E-state index in [4.69, 9.17) is 4.74 Å². The van der Waals surface area contributed by atoms with Crippen LogP contribution in [0.15, 0.2) is 62.8 Å². The van der Waals surface area contributed by atoms with Crippen LogP contribution in [0, 0.1) is 0 Å². The van der Waals surface area contributed by atoms with Crippen LogP contribution >= 0.6 is 28.3 Å². The Labute approximate surface area is 212 Å². The molecule has 0 bridgehead atoms. The van der Waals surface area contributed by atoms with Crippen molar-refractivity contribution in [1.29, 1.82) is 0 Å². The van der Waals surface area contributed by atoms with Crippen LogP contribution in [0.4, 0.5) is 0 Å². The summed E-state index contributed by atoms with van der Waals surface area (Å²) in [6.07, 6.45) is 0. The van der Waals surface area contributed by atoms with Gasteiger partial charge in [-0.2, -0.15) is 4.31 Å². The first-order valence-electron chi connectivity index (χ1n) is 10.2. The number of hydrogen-bond acceptors (Lipinski definition) is 7. The van der Waals surface area contributed by atoms with Crippen LogP contribution in [-0.2, 0) is 24.8 Å². The molecule has 0 amide bonds. The largest absolute Gasteiger partial charge is 0.461 e. The van der Waals surface area contributed by atoms with Gasteiger partial charge in [0.25, 0.3) is 10.0 Å². The van der Waals surface area contributed by atoms with Crippen molar-refractivity contribution in [3.8, 4) is 0 Å². The van der Waals surface area contributed by atoms with Gasteiger partial charge in [-0.25, -0.2) is 25.6 Å². The van der Waals surface area contributed by atoms with Gasteiger partial charge in [0.1, 0.15) is 4.90 Å². The Morgan fingerprint density at radius 3 is 2.29 bits per heavy atom. The number of carbonyl (C=O) groups is 1. The molecule has 1 saturated heterocycles. The molecule has 0 unspecified atom stereocenters. The molecule has 0 aliphatic carbocycles. The van der Waals surface area contributed by atoms with Gasteiger partial charge < -0.3 is 10.1 Å². The second kappa shape index (κ2) is 10.3. The van der Waals surface area contributed by atoms with E-state index in [0.717, 1.165) is 3.97 Å². The van der Waals surface area contributed by atoms with E-state index in [1.54, 1.807) is 31.2 Å². The molecule has 13 heteroatoms. The van der Waals surface area contributed by atoms with Gasteiger partial charge in [-0.05, 0) is 37.3 Å². The topological polar surface area (TPSA) is 115 Å². The number of piperazine rings is 1. The van der Waals surface area contributed by atoms with Crippen molar-refractivity contribution in [3.05, 3.63) is 58.7 Å². The molecule has 1 aliphatic rings. The quantitative estimate of drug-likeness (QED) is 0.438. The van der Waals surface area contributed by atoms with Crippen molar-refractivity contribution >= 4 is 65.3 Å². The number of sulfonamides is 1. The first-order valence-corrected chi connectivity index (χ1v) is 13.9. The van der Waals surface area contributed by atoms with Crippen LogP contribution < -0.4 is 5.32 Å². The monoisotopic (exact) mass is 591 g/mol. The van der Waals surface area contributed by atoms with E-state index < -0.39 is 31.7 Å². The second-order valence-electron chi connectivity index (χ2n) is 7.30. The summed E-state index contributed by atoms with van der Waals surface area (Å²) in [7, 11) is -8.57. The fourth-order valence-corrected chi connectivity index (χ4v) is 7.54. The fraction of sp³-hybridized carbons (Fsp3) is 0.286. The first kappa shape index (κ1) is 26.6. The molecule has 1 aliphatic heterocycles. The van der Waals surface area contributed by atoms with Crippen LogP contribution in [-0.4, -0.2) is 63.9 Å². The molecular formula is C21H23BrClN3O6S2. The molecule has 2 heterocycles. The number of benzene rings is 2. The van der Waals surface area contributed by atoms with Crippen molar-refractivity contribution in [2.24, 2.45) is 0 Å². The van der Waals surface area contributed by atoms with Gasteiger partial charge in [0, 0.05) is 36.0 Å². The van der Waals surface area contributed by atoms with Gasteiger partial charge in [0.15, 0.2) is 5.69 Å². The molecule has 0 saturated carbocycles. The van der Waals surface area contributed by atoms with Crippen LogP contribution in [0.2, 0.25) is 0 Å². The molecule has 34 heavy (non-hydrogen) atoms. The summed E-state index contributed by atoms with van der Waals surface area (Å²) < 4.78 is 62.7. The predicted octanol–water partition coefficient (Wildman–Crippen LogP) is 2.83. The van der Waals surface area contributed by atoms with E-state index in [1.165, 1.54) is 28.6 Å². The van der Waals surface area contributed by atoms with Crippen molar-refractivity contribution in [2.45, 2.75) is 16.7 Å². The minimum atomic E-state index is -4.34. The number of fused-ring (bicyclic) bond motifs is 1. The molecule has 1 aromatic heterocycles. The highest BCUT2D eigenvalue weighted by molar-refractivity contribution is 9.10. The number of aromatic nitrogens is 1. The number of carbonyl (C=O) groups excluding carboxylic acids is 1. The minimum Gasteiger partial charge on any atom is -0.461 e. The third-order valence-electron chi connectivity index (χ3n) is 5.26. The van der Waals surface area contributed by atoms with Crippen LogP contribution in [0.5, 0.6) is 0 Å². The molecule has 184 valence electrons. The molecular weight excluding hydrogens is 570 g/mol. The SMILES string of the molecule is CCOC(=O)c1c(S(=O)(=O)N2CCNCC2)c2cc(Br)ccc2n1S(=O)(=O)c1ccccc1.Cl. The molecule has 1 fully saturated rings. The van der Waals surface area contributed by atoms with Crippen molar-refractivity contribution < 1.29 is 26.4 Å². The second-order valence-corrected chi connectivity index (χ2v) is 11.9. The zero-order valence-corrected chi connectivity index (χ0v) is 22.1. The Kier molecular flexibility index (Phi) is 8.10. The lowest BCUT2D eigenvalue weighted by Crippen LogP contribution is -2.46. The van der Waals surface area contributed by atoms with E-state index in [1.807, 2.05) is 0 Å². The summed E-state index contributed by atoms with van der Waals surface area (Å²) in [5, 5.41) is 3.20. The van der Waals surface area contributed by atoms with Gasteiger partial charge in [-0.1, -0.05) is 34.1 Å². The van der Waals surface area contributed by atoms with Gasteiger partial charge in [0.2, 0.25) is 10.0 Å².